The van der Waals surface area contributed by atoms with Crippen LogP contribution in [0.1, 0.15) is 13.8 Å². The second-order valence-electron chi connectivity index (χ2n) is 0.947. The van der Waals surface area contributed by atoms with Crippen molar-refractivity contribution in [1.29, 1.82) is 0 Å². The van der Waals surface area contributed by atoms with E-state index in [1.165, 1.54) is 26.4 Å². The summed E-state index contributed by atoms with van der Waals surface area (Å²) in [5, 5.41) is 0. The number of hydrogen-bond donors (Lipinski definition) is 1. The minimum atomic E-state index is 0. The molecular weight excluding hydrogens is 238 g/mol. The normalized spacial score (nSPS) is 5.09. The van der Waals surface area contributed by atoms with Gasteiger partial charge in [-0.2, -0.15) is 13.8 Å². The fourth-order valence-electron chi connectivity index (χ4n) is 0. The Kier molecular flexibility index (Phi) is 105. The number of hydrogen-bond acceptors (Lipinski definition) is 3. The van der Waals surface area contributed by atoms with Crippen molar-refractivity contribution >= 4 is 12.6 Å². The van der Waals surface area contributed by atoms with Gasteiger partial charge in [-0.3, -0.25) is 12.6 Å². The Morgan fingerprint density at radius 2 is 1.36 bits per heavy atom. The molecule has 0 aromatic rings. The molecule has 0 bridgehead atoms. The quantitative estimate of drug-likeness (QED) is 0.535. The smallest absolute Gasteiger partial charge is 0 e. The van der Waals surface area contributed by atoms with Crippen molar-refractivity contribution in [3.63, 3.8) is 0 Å². The molecule has 0 aromatic carbocycles. The van der Waals surface area contributed by atoms with Crippen molar-refractivity contribution in [3.05, 3.63) is 5.73 Å². The predicted octanol–water partition coefficient (Wildman–Crippen LogP) is 0.227. The van der Waals surface area contributed by atoms with E-state index in [4.69, 9.17) is 21.1 Å². The fraction of sp³-hybridized carbons (Fsp3) is 0.667. The van der Waals surface area contributed by atoms with E-state index in [0.717, 1.165) is 0 Å². The third-order valence-electron chi connectivity index (χ3n) is 0.144. The minimum absolute atomic E-state index is 0. The first kappa shape index (κ1) is 22.4. The van der Waals surface area contributed by atoms with E-state index in [2.05, 4.69) is 0 Å². The molecule has 0 atom stereocenters. The zero-order valence-corrected chi connectivity index (χ0v) is 8.18. The molecule has 4 nitrogen and oxygen atoms in total. The van der Waals surface area contributed by atoms with Crippen LogP contribution in [0, 0.1) is 0 Å². The summed E-state index contributed by atoms with van der Waals surface area (Å²) in [6.07, 6.45) is 3.00. The van der Waals surface area contributed by atoms with E-state index in [0.29, 0.717) is 13.1 Å². The Morgan fingerprint density at radius 1 is 1.27 bits per heavy atom. The Morgan fingerprint density at radius 3 is 1.36 bits per heavy atom. The first-order valence-corrected chi connectivity index (χ1v) is 2.67. The topological polar surface area (TPSA) is 84.0 Å². The molecule has 3 N–H and O–H groups in total. The third-order valence-corrected chi connectivity index (χ3v) is 0.144. The van der Waals surface area contributed by atoms with Gasteiger partial charge in [-0.25, -0.2) is 0 Å². The standard InChI is InChI=1S/C2H7N2.2C2H3O.Pd/c3-1-2-4;2*1-2-3;/h3H,1-2,4H2;2*1H3;/q3*-1;. The molecule has 0 heterocycles. The second kappa shape index (κ2) is 51.3. The minimum Gasteiger partial charge on any atom is -0.676 e. The molecule has 5 heteroatoms. The van der Waals surface area contributed by atoms with Crippen LogP contribution in [0.2, 0.25) is 0 Å². The number of nitrogens with one attached hydrogen (secondary N) is 1. The SMILES string of the molecule is C[C-]=O.C[C-]=O.[NH-]CCN.[Pd]. The molecule has 0 aliphatic heterocycles. The Bertz CT molecular complexity index is 54.5. The van der Waals surface area contributed by atoms with Gasteiger partial charge in [0.1, 0.15) is 0 Å². The van der Waals surface area contributed by atoms with Crippen molar-refractivity contribution in [2.75, 3.05) is 13.1 Å². The molecule has 0 fully saturated rings. The maximum absolute atomic E-state index is 8.68. The summed E-state index contributed by atoms with van der Waals surface area (Å²) in [6.45, 7) is 3.47. The molecule has 0 radical (unpaired) electrons. The van der Waals surface area contributed by atoms with Gasteiger partial charge in [-0.15, -0.1) is 6.54 Å². The van der Waals surface area contributed by atoms with Gasteiger partial charge >= 0.3 is 0 Å². The van der Waals surface area contributed by atoms with Gasteiger partial charge in [0.25, 0.3) is 0 Å². The summed E-state index contributed by atoms with van der Waals surface area (Å²) in [7, 11) is 0. The zero-order valence-electron chi connectivity index (χ0n) is 6.62. The molecule has 0 saturated carbocycles. The van der Waals surface area contributed by atoms with Crippen LogP contribution in [-0.4, -0.2) is 25.7 Å². The summed E-state index contributed by atoms with van der Waals surface area (Å²) in [5.74, 6) is 0. The molecule has 0 aliphatic carbocycles. The van der Waals surface area contributed by atoms with Gasteiger partial charge < -0.3 is 21.1 Å². The number of carbonyl (C=O) groups excluding carboxylic acids is 2. The maximum Gasteiger partial charge on any atom is 0 e. The van der Waals surface area contributed by atoms with Gasteiger partial charge in [-0.05, 0) is 6.54 Å². The van der Waals surface area contributed by atoms with E-state index in [1.54, 1.807) is 0 Å². The zero-order chi connectivity index (χ0) is 8.83. The van der Waals surface area contributed by atoms with Gasteiger partial charge in [0.2, 0.25) is 0 Å². The Balaban J connectivity index is -0.0000000325. The van der Waals surface area contributed by atoms with Crippen LogP contribution in [0.15, 0.2) is 0 Å². The van der Waals surface area contributed by atoms with Crippen LogP contribution in [0.5, 0.6) is 0 Å². The van der Waals surface area contributed by atoms with Crippen molar-refractivity contribution in [1.82, 2.24) is 0 Å². The first-order valence-electron chi connectivity index (χ1n) is 2.67. The van der Waals surface area contributed by atoms with Crippen molar-refractivity contribution in [2.45, 2.75) is 13.8 Å². The van der Waals surface area contributed by atoms with Crippen molar-refractivity contribution < 1.29 is 30.0 Å². The summed E-state index contributed by atoms with van der Waals surface area (Å²) >= 11 is 0. The maximum atomic E-state index is 8.68. The summed E-state index contributed by atoms with van der Waals surface area (Å²) in [5.41, 5.74) is 11.2. The molecule has 0 aliphatic rings. The van der Waals surface area contributed by atoms with Gasteiger partial charge in [-0.1, -0.05) is 0 Å². The van der Waals surface area contributed by atoms with E-state index >= 15 is 0 Å². The average Bonchev–Trinajstić information content (AvgIpc) is 1.91. The molecule has 0 rings (SSSR count). The van der Waals surface area contributed by atoms with Crippen LogP contribution in [0.4, 0.5) is 0 Å². The molecule has 72 valence electrons. The molecule has 0 aromatic heterocycles. The van der Waals surface area contributed by atoms with Crippen molar-refractivity contribution in [2.24, 2.45) is 5.73 Å². The molecular formula is C6H13N2O2Pd-3. The largest absolute Gasteiger partial charge is 0.676 e. The fourth-order valence-corrected chi connectivity index (χ4v) is 0. The summed E-state index contributed by atoms with van der Waals surface area (Å²) in [6, 6.07) is 0. The number of nitrogens with two attached hydrogens (primary N) is 1. The average molecular weight is 252 g/mol. The molecule has 0 amide bonds. The van der Waals surface area contributed by atoms with Gasteiger partial charge in [0.05, 0.1) is 0 Å². The van der Waals surface area contributed by atoms with Gasteiger partial charge in [0, 0.05) is 20.4 Å². The Labute approximate surface area is 81.4 Å². The van der Waals surface area contributed by atoms with Crippen LogP contribution in [-0.2, 0) is 30.0 Å². The van der Waals surface area contributed by atoms with Crippen LogP contribution >= 0.6 is 0 Å². The van der Waals surface area contributed by atoms with Crippen LogP contribution < -0.4 is 5.73 Å². The summed E-state index contributed by atoms with van der Waals surface area (Å²) in [4.78, 5) is 17.4. The molecule has 0 saturated heterocycles. The molecule has 0 spiro atoms. The first-order chi connectivity index (χ1) is 4.74. The number of rotatable bonds is 1. The summed E-state index contributed by atoms with van der Waals surface area (Å²) < 4.78 is 0. The van der Waals surface area contributed by atoms with Crippen LogP contribution in [0.25, 0.3) is 5.73 Å². The Hall–Kier alpha value is -0.0777. The van der Waals surface area contributed by atoms with E-state index in [9.17, 15) is 0 Å². The molecule has 0 unspecified atom stereocenters. The third kappa shape index (κ3) is 732. The monoisotopic (exact) mass is 251 g/mol. The van der Waals surface area contributed by atoms with E-state index < -0.39 is 0 Å². The van der Waals surface area contributed by atoms with E-state index in [1.807, 2.05) is 0 Å². The van der Waals surface area contributed by atoms with Crippen LogP contribution in [0.3, 0.4) is 0 Å². The van der Waals surface area contributed by atoms with E-state index in [-0.39, 0.29) is 20.4 Å². The predicted molar refractivity (Wildman–Crippen MR) is 41.0 cm³/mol. The van der Waals surface area contributed by atoms with Crippen molar-refractivity contribution in [3.8, 4) is 0 Å². The van der Waals surface area contributed by atoms with Gasteiger partial charge in [0.15, 0.2) is 0 Å². The molecule has 11 heavy (non-hydrogen) atoms. The second-order valence-corrected chi connectivity index (χ2v) is 0.947.